The summed E-state index contributed by atoms with van der Waals surface area (Å²) in [4.78, 5) is 9.49. The third-order valence-corrected chi connectivity index (χ3v) is 4.13. The van der Waals surface area contributed by atoms with Gasteiger partial charge in [0.15, 0.2) is 0 Å². The van der Waals surface area contributed by atoms with Crippen molar-refractivity contribution in [3.63, 3.8) is 0 Å². The lowest BCUT2D eigenvalue weighted by molar-refractivity contribution is 0.708. The van der Waals surface area contributed by atoms with Crippen LogP contribution >= 0.6 is 11.8 Å². The smallest absolute Gasteiger partial charge is 0.140 e. The first-order chi connectivity index (χ1) is 8.85. The van der Waals surface area contributed by atoms with Gasteiger partial charge in [0, 0.05) is 17.8 Å². The van der Waals surface area contributed by atoms with Crippen LogP contribution in [0.1, 0.15) is 50.2 Å². The van der Waals surface area contributed by atoms with Crippen LogP contribution in [-0.2, 0) is 18.6 Å². The van der Waals surface area contributed by atoms with Crippen LogP contribution in [0.2, 0.25) is 0 Å². The van der Waals surface area contributed by atoms with E-state index in [2.05, 4.69) is 19.2 Å². The highest BCUT2D eigenvalue weighted by Gasteiger charge is 2.16. The van der Waals surface area contributed by atoms with Gasteiger partial charge in [-0.3, -0.25) is 0 Å². The summed E-state index contributed by atoms with van der Waals surface area (Å²) in [6.45, 7) is 5.24. The number of aryl methyl sites for hydroxylation is 1. The number of hydrogen-bond acceptors (Lipinski definition) is 4. The lowest BCUT2D eigenvalue weighted by atomic mass is 10.1. The Labute approximate surface area is 114 Å². The number of anilines is 1. The van der Waals surface area contributed by atoms with E-state index in [9.17, 15) is 0 Å². The summed E-state index contributed by atoms with van der Waals surface area (Å²) in [6.07, 6.45) is 6.13. The minimum atomic E-state index is 0.933. The molecule has 1 N–H and O–H groups in total. The Hall–Kier alpha value is -0.770. The summed E-state index contributed by atoms with van der Waals surface area (Å²) in [6, 6.07) is 0. The van der Waals surface area contributed by atoms with Crippen molar-refractivity contribution in [2.24, 2.45) is 0 Å². The fraction of sp³-hybridized carbons (Fsp3) is 0.714. The van der Waals surface area contributed by atoms with Gasteiger partial charge in [0.1, 0.15) is 11.6 Å². The Morgan fingerprint density at radius 3 is 2.72 bits per heavy atom. The van der Waals surface area contributed by atoms with Gasteiger partial charge in [0.2, 0.25) is 0 Å². The molecule has 0 saturated carbocycles. The molecule has 0 radical (unpaired) electrons. The fourth-order valence-corrected chi connectivity index (χ4v) is 2.91. The molecule has 0 atom stereocenters. The number of thioether (sulfide) groups is 1. The molecule has 1 aliphatic carbocycles. The molecule has 1 aromatic heterocycles. The van der Waals surface area contributed by atoms with E-state index in [1.807, 2.05) is 11.8 Å². The standard InChI is InChI=1S/C14H23N3S/c1-3-15-14-11-8-6-5-7-9-12(11)16-13(17-14)10-18-4-2/h3-10H2,1-2H3,(H,15,16,17). The largest absolute Gasteiger partial charge is 0.370 e. The van der Waals surface area contributed by atoms with Crippen LogP contribution in [0.5, 0.6) is 0 Å². The Balaban J connectivity index is 2.29. The van der Waals surface area contributed by atoms with E-state index in [4.69, 9.17) is 9.97 Å². The number of nitrogens with one attached hydrogen (secondary N) is 1. The molecule has 0 amide bonds. The molecule has 3 nitrogen and oxygen atoms in total. The Bertz CT molecular complexity index is 393. The molecule has 4 heteroatoms. The minimum Gasteiger partial charge on any atom is -0.370 e. The van der Waals surface area contributed by atoms with Crippen molar-refractivity contribution in [2.75, 3.05) is 17.6 Å². The first-order valence-electron chi connectivity index (χ1n) is 7.05. The number of aromatic nitrogens is 2. The van der Waals surface area contributed by atoms with Crippen LogP contribution in [0.4, 0.5) is 5.82 Å². The van der Waals surface area contributed by atoms with Crippen LogP contribution in [0, 0.1) is 0 Å². The van der Waals surface area contributed by atoms with E-state index in [0.29, 0.717) is 0 Å². The van der Waals surface area contributed by atoms with Gasteiger partial charge in [-0.2, -0.15) is 11.8 Å². The number of fused-ring (bicyclic) bond motifs is 1. The summed E-state index contributed by atoms with van der Waals surface area (Å²) < 4.78 is 0. The van der Waals surface area contributed by atoms with Crippen LogP contribution in [0.25, 0.3) is 0 Å². The van der Waals surface area contributed by atoms with Crippen LogP contribution < -0.4 is 5.32 Å². The van der Waals surface area contributed by atoms with Gasteiger partial charge in [-0.25, -0.2) is 9.97 Å². The van der Waals surface area contributed by atoms with Crippen molar-refractivity contribution < 1.29 is 0 Å². The normalized spacial score (nSPS) is 15.0. The zero-order chi connectivity index (χ0) is 12.8. The molecule has 0 spiro atoms. The summed E-state index contributed by atoms with van der Waals surface area (Å²) in [7, 11) is 0. The maximum atomic E-state index is 4.78. The maximum absolute atomic E-state index is 4.78. The summed E-state index contributed by atoms with van der Waals surface area (Å²) in [5.74, 6) is 4.15. The summed E-state index contributed by atoms with van der Waals surface area (Å²) >= 11 is 1.89. The second-order valence-corrected chi connectivity index (χ2v) is 5.92. The molecule has 1 aromatic rings. The first-order valence-corrected chi connectivity index (χ1v) is 8.20. The lowest BCUT2D eigenvalue weighted by Gasteiger charge is -2.13. The average molecular weight is 265 g/mol. The molecular formula is C14H23N3S. The number of rotatable bonds is 5. The molecule has 0 unspecified atom stereocenters. The summed E-state index contributed by atoms with van der Waals surface area (Å²) in [5.41, 5.74) is 2.67. The van der Waals surface area contributed by atoms with Crippen molar-refractivity contribution in [3.8, 4) is 0 Å². The zero-order valence-corrected chi connectivity index (χ0v) is 12.3. The van der Waals surface area contributed by atoms with Crippen molar-refractivity contribution in [2.45, 2.75) is 51.7 Å². The topological polar surface area (TPSA) is 37.8 Å². The zero-order valence-electron chi connectivity index (χ0n) is 11.5. The van der Waals surface area contributed by atoms with Gasteiger partial charge in [-0.1, -0.05) is 13.3 Å². The van der Waals surface area contributed by atoms with Gasteiger partial charge in [0.25, 0.3) is 0 Å². The molecule has 0 aliphatic heterocycles. The van der Waals surface area contributed by atoms with Crippen molar-refractivity contribution in [3.05, 3.63) is 17.1 Å². The van der Waals surface area contributed by atoms with Crippen LogP contribution in [-0.4, -0.2) is 22.3 Å². The van der Waals surface area contributed by atoms with Gasteiger partial charge in [-0.05, 0) is 38.4 Å². The van der Waals surface area contributed by atoms with Gasteiger partial charge in [-0.15, -0.1) is 0 Å². The molecule has 1 aliphatic rings. The maximum Gasteiger partial charge on any atom is 0.140 e. The molecule has 18 heavy (non-hydrogen) atoms. The van der Waals surface area contributed by atoms with E-state index in [-0.39, 0.29) is 0 Å². The third-order valence-electron chi connectivity index (χ3n) is 3.26. The van der Waals surface area contributed by atoms with Crippen molar-refractivity contribution in [1.82, 2.24) is 9.97 Å². The van der Waals surface area contributed by atoms with Crippen molar-refractivity contribution >= 4 is 17.6 Å². The molecule has 100 valence electrons. The molecule has 0 bridgehead atoms. The Morgan fingerprint density at radius 2 is 1.94 bits per heavy atom. The minimum absolute atomic E-state index is 0.933. The van der Waals surface area contributed by atoms with Gasteiger partial charge in [0.05, 0.1) is 5.75 Å². The van der Waals surface area contributed by atoms with E-state index in [1.54, 1.807) is 0 Å². The molecule has 1 heterocycles. The first kappa shape index (κ1) is 13.7. The molecule has 0 saturated heterocycles. The predicted molar refractivity (Wildman–Crippen MR) is 79.3 cm³/mol. The number of hydrogen-bond donors (Lipinski definition) is 1. The molecule has 2 rings (SSSR count). The van der Waals surface area contributed by atoms with E-state index < -0.39 is 0 Å². The van der Waals surface area contributed by atoms with Crippen LogP contribution in [0.3, 0.4) is 0 Å². The summed E-state index contributed by atoms with van der Waals surface area (Å²) in [5, 5.41) is 3.42. The fourth-order valence-electron chi connectivity index (χ4n) is 2.39. The van der Waals surface area contributed by atoms with E-state index >= 15 is 0 Å². The quantitative estimate of drug-likeness (QED) is 0.828. The highest BCUT2D eigenvalue weighted by Crippen LogP contribution is 2.25. The second-order valence-electron chi connectivity index (χ2n) is 4.64. The lowest BCUT2D eigenvalue weighted by Crippen LogP contribution is -2.10. The van der Waals surface area contributed by atoms with Crippen LogP contribution in [0.15, 0.2) is 0 Å². The van der Waals surface area contributed by atoms with E-state index in [0.717, 1.165) is 42.5 Å². The molecule has 0 aromatic carbocycles. The van der Waals surface area contributed by atoms with Crippen molar-refractivity contribution in [1.29, 1.82) is 0 Å². The molecular weight excluding hydrogens is 242 g/mol. The van der Waals surface area contributed by atoms with Gasteiger partial charge < -0.3 is 5.32 Å². The highest BCUT2D eigenvalue weighted by molar-refractivity contribution is 7.98. The SMILES string of the molecule is CCNc1nc(CSCC)nc2c1CCCCC2. The highest BCUT2D eigenvalue weighted by atomic mass is 32.2. The predicted octanol–water partition coefficient (Wildman–Crippen LogP) is 3.43. The third kappa shape index (κ3) is 3.37. The van der Waals surface area contributed by atoms with Gasteiger partial charge >= 0.3 is 0 Å². The average Bonchev–Trinajstić information content (AvgIpc) is 2.62. The number of nitrogens with zero attached hydrogens (tertiary/aromatic N) is 2. The monoisotopic (exact) mass is 265 g/mol. The second kappa shape index (κ2) is 6.98. The Kier molecular flexibility index (Phi) is 5.29. The Morgan fingerprint density at radius 1 is 1.11 bits per heavy atom. The molecule has 0 fully saturated rings. The van der Waals surface area contributed by atoms with E-state index in [1.165, 1.54) is 30.5 Å².